The number of hydrogen-bond donors (Lipinski definition) is 3. The zero-order valence-corrected chi connectivity index (χ0v) is 15.2. The van der Waals surface area contributed by atoms with E-state index in [1.54, 1.807) is 0 Å². The smallest absolute Gasteiger partial charge is 0.407 e. The number of aliphatic hydroxyl groups excluding tert-OH is 2. The molecule has 0 aliphatic carbocycles. The first-order valence-corrected chi connectivity index (χ1v) is 8.24. The molecule has 0 radical (unpaired) electrons. The second-order valence-corrected chi connectivity index (χ2v) is 7.86. The van der Waals surface area contributed by atoms with Gasteiger partial charge in [-0.15, -0.1) is 0 Å². The van der Waals surface area contributed by atoms with Gasteiger partial charge in [0.15, 0.2) is 0 Å². The van der Waals surface area contributed by atoms with Gasteiger partial charge in [-0.25, -0.2) is 4.79 Å². The molecule has 136 valence electrons. The zero-order chi connectivity index (χ0) is 18.1. The molecule has 0 aliphatic heterocycles. The summed E-state index contributed by atoms with van der Waals surface area (Å²) in [6.45, 7) is -0.890. The monoisotopic (exact) mass is 399 g/mol. The van der Waals surface area contributed by atoms with Gasteiger partial charge in [0, 0.05) is 6.54 Å². The average molecular weight is 401 g/mol. The van der Waals surface area contributed by atoms with Crippen LogP contribution in [0.4, 0.5) is 4.79 Å². The van der Waals surface area contributed by atoms with Gasteiger partial charge in [0.05, 0.1) is 31.8 Å². The van der Waals surface area contributed by atoms with Gasteiger partial charge >= 0.3 is 6.09 Å². The molecular formula is C15H20Cl3NO5. The van der Waals surface area contributed by atoms with Gasteiger partial charge in [-0.3, -0.25) is 0 Å². The van der Waals surface area contributed by atoms with Gasteiger partial charge in [0.2, 0.25) is 3.79 Å². The SMILES string of the molecule is O=C(NCC(CO)(CO)COCc1ccccc1)OCC(Cl)(Cl)Cl. The van der Waals surface area contributed by atoms with Crippen LogP contribution in [0.1, 0.15) is 5.56 Å². The highest BCUT2D eigenvalue weighted by Crippen LogP contribution is 2.26. The fourth-order valence-corrected chi connectivity index (χ4v) is 1.89. The van der Waals surface area contributed by atoms with E-state index in [4.69, 9.17) is 44.3 Å². The van der Waals surface area contributed by atoms with E-state index < -0.39 is 21.9 Å². The number of aliphatic hydroxyl groups is 2. The Hall–Kier alpha value is -0.760. The maximum Gasteiger partial charge on any atom is 0.407 e. The van der Waals surface area contributed by atoms with Crippen LogP contribution >= 0.6 is 34.8 Å². The van der Waals surface area contributed by atoms with Gasteiger partial charge in [-0.05, 0) is 5.56 Å². The fraction of sp³-hybridized carbons (Fsp3) is 0.533. The first-order valence-electron chi connectivity index (χ1n) is 7.11. The van der Waals surface area contributed by atoms with E-state index in [1.807, 2.05) is 30.3 Å². The van der Waals surface area contributed by atoms with Crippen LogP contribution in [0.25, 0.3) is 0 Å². The Morgan fingerprint density at radius 2 is 1.71 bits per heavy atom. The quantitative estimate of drug-likeness (QED) is 0.554. The molecule has 24 heavy (non-hydrogen) atoms. The van der Waals surface area contributed by atoms with E-state index in [9.17, 15) is 15.0 Å². The Morgan fingerprint density at radius 1 is 1.08 bits per heavy atom. The summed E-state index contributed by atoms with van der Waals surface area (Å²) in [6, 6.07) is 9.44. The molecule has 3 N–H and O–H groups in total. The predicted octanol–water partition coefficient (Wildman–Crippen LogP) is 2.27. The van der Waals surface area contributed by atoms with Gasteiger partial charge < -0.3 is 25.0 Å². The van der Waals surface area contributed by atoms with E-state index in [0.29, 0.717) is 6.61 Å². The summed E-state index contributed by atoms with van der Waals surface area (Å²) in [5.41, 5.74) is -0.0920. The Bertz CT molecular complexity index is 492. The number of alkyl carbamates (subject to hydrolysis) is 1. The topological polar surface area (TPSA) is 88.0 Å². The number of halogens is 3. The number of alkyl halides is 3. The van der Waals surface area contributed by atoms with Crippen molar-refractivity contribution in [2.45, 2.75) is 10.4 Å². The molecule has 0 saturated carbocycles. The van der Waals surface area contributed by atoms with Crippen LogP contribution in [0.3, 0.4) is 0 Å². The number of ether oxygens (including phenoxy) is 2. The lowest BCUT2D eigenvalue weighted by atomic mass is 9.91. The van der Waals surface area contributed by atoms with Gasteiger partial charge in [0.1, 0.15) is 6.61 Å². The van der Waals surface area contributed by atoms with Crippen LogP contribution in [0, 0.1) is 5.41 Å². The summed E-state index contributed by atoms with van der Waals surface area (Å²) in [7, 11) is 0. The summed E-state index contributed by atoms with van der Waals surface area (Å²) < 4.78 is 8.55. The van der Waals surface area contributed by atoms with Crippen LogP contribution in [0.15, 0.2) is 30.3 Å². The van der Waals surface area contributed by atoms with E-state index >= 15 is 0 Å². The van der Waals surface area contributed by atoms with Crippen molar-refractivity contribution in [2.24, 2.45) is 5.41 Å². The van der Waals surface area contributed by atoms with E-state index in [2.05, 4.69) is 5.32 Å². The van der Waals surface area contributed by atoms with Crippen LogP contribution in [-0.2, 0) is 16.1 Å². The Kier molecular flexibility index (Phi) is 9.12. The number of carbonyl (C=O) groups excluding carboxylic acids is 1. The minimum absolute atomic E-state index is 0.0413. The van der Waals surface area contributed by atoms with Crippen molar-refractivity contribution in [1.82, 2.24) is 5.32 Å². The highest BCUT2D eigenvalue weighted by atomic mass is 35.6. The van der Waals surface area contributed by atoms with Gasteiger partial charge in [-0.1, -0.05) is 65.1 Å². The Labute approximate surface area is 155 Å². The fourth-order valence-electron chi connectivity index (χ4n) is 1.72. The zero-order valence-electron chi connectivity index (χ0n) is 12.9. The minimum atomic E-state index is -1.71. The Balaban J connectivity index is 2.44. The van der Waals surface area contributed by atoms with Crippen molar-refractivity contribution in [3.05, 3.63) is 35.9 Å². The molecule has 1 rings (SSSR count). The molecule has 1 amide bonds. The lowest BCUT2D eigenvalue weighted by Gasteiger charge is -2.29. The van der Waals surface area contributed by atoms with Crippen LogP contribution < -0.4 is 5.32 Å². The van der Waals surface area contributed by atoms with Gasteiger partial charge in [0.25, 0.3) is 0 Å². The van der Waals surface area contributed by atoms with Crippen LogP contribution in [0.5, 0.6) is 0 Å². The normalized spacial score (nSPS) is 12.0. The molecule has 0 fully saturated rings. The number of benzene rings is 1. The molecule has 0 spiro atoms. The number of rotatable bonds is 9. The van der Waals surface area contributed by atoms with Crippen molar-refractivity contribution < 1.29 is 24.5 Å². The molecular weight excluding hydrogens is 381 g/mol. The molecule has 0 aliphatic rings. The third-order valence-corrected chi connectivity index (χ3v) is 3.49. The summed E-state index contributed by atoms with van der Waals surface area (Å²) in [6.07, 6.45) is -0.823. The van der Waals surface area contributed by atoms with Crippen LogP contribution in [0.2, 0.25) is 0 Å². The number of nitrogens with one attached hydrogen (secondary N) is 1. The van der Waals surface area contributed by atoms with Gasteiger partial charge in [-0.2, -0.15) is 0 Å². The number of carbonyl (C=O) groups is 1. The third-order valence-electron chi connectivity index (χ3n) is 3.17. The molecule has 0 saturated heterocycles. The lowest BCUT2D eigenvalue weighted by Crippen LogP contribution is -2.46. The molecule has 0 atom stereocenters. The number of amides is 1. The molecule has 9 heteroatoms. The maximum absolute atomic E-state index is 11.6. The maximum atomic E-state index is 11.6. The summed E-state index contributed by atoms with van der Waals surface area (Å²) >= 11 is 16.4. The van der Waals surface area contributed by atoms with Crippen LogP contribution in [-0.4, -0.2) is 53.1 Å². The van der Waals surface area contributed by atoms with Crippen molar-refractivity contribution >= 4 is 40.9 Å². The van der Waals surface area contributed by atoms with Crippen molar-refractivity contribution in [3.8, 4) is 0 Å². The highest BCUT2D eigenvalue weighted by Gasteiger charge is 2.31. The summed E-state index contributed by atoms with van der Waals surface area (Å²) in [5, 5.41) is 21.5. The molecule has 0 heterocycles. The predicted molar refractivity (Wildman–Crippen MR) is 92.3 cm³/mol. The largest absolute Gasteiger partial charge is 0.445 e. The van der Waals surface area contributed by atoms with Crippen molar-refractivity contribution in [3.63, 3.8) is 0 Å². The van der Waals surface area contributed by atoms with E-state index in [0.717, 1.165) is 5.56 Å². The number of hydrogen-bond acceptors (Lipinski definition) is 5. The Morgan fingerprint density at radius 3 is 2.25 bits per heavy atom. The molecule has 1 aromatic rings. The molecule has 1 aromatic carbocycles. The lowest BCUT2D eigenvalue weighted by molar-refractivity contribution is -0.0319. The first kappa shape index (κ1) is 21.3. The highest BCUT2D eigenvalue weighted by molar-refractivity contribution is 6.67. The molecule has 0 aromatic heterocycles. The average Bonchev–Trinajstić information content (AvgIpc) is 2.56. The third kappa shape index (κ3) is 8.37. The second-order valence-electron chi connectivity index (χ2n) is 5.34. The van der Waals surface area contributed by atoms with Crippen molar-refractivity contribution in [2.75, 3.05) is 33.0 Å². The summed E-state index contributed by atoms with van der Waals surface area (Å²) in [5.74, 6) is 0. The van der Waals surface area contributed by atoms with E-state index in [-0.39, 0.29) is 26.4 Å². The minimum Gasteiger partial charge on any atom is -0.445 e. The molecule has 6 nitrogen and oxygen atoms in total. The first-order chi connectivity index (χ1) is 11.3. The second kappa shape index (κ2) is 10.3. The summed E-state index contributed by atoms with van der Waals surface area (Å²) in [4.78, 5) is 11.6. The standard InChI is InChI=1S/C15H20Cl3NO5/c16-15(17,18)11-24-13(22)19-7-14(8-20,9-21)10-23-6-12-4-2-1-3-5-12/h1-5,20-21H,6-11H2,(H,19,22). The molecule has 0 bridgehead atoms. The van der Waals surface area contributed by atoms with E-state index in [1.165, 1.54) is 0 Å². The molecule has 0 unspecified atom stereocenters. The van der Waals surface area contributed by atoms with Crippen molar-refractivity contribution in [1.29, 1.82) is 0 Å².